The molecule has 0 aliphatic rings. The third-order valence-corrected chi connectivity index (χ3v) is 3.77. The molecule has 2 rings (SSSR count). The van der Waals surface area contributed by atoms with Crippen LogP contribution < -0.4 is 15.4 Å². The van der Waals surface area contributed by atoms with Gasteiger partial charge >= 0.3 is 5.97 Å². The minimum atomic E-state index is -1.03. The Morgan fingerprint density at radius 1 is 0.862 bits per heavy atom. The fourth-order valence-electron chi connectivity index (χ4n) is 2.30. The van der Waals surface area contributed by atoms with Crippen molar-refractivity contribution in [2.75, 3.05) is 17.2 Å². The molecule has 0 heterocycles. The highest BCUT2D eigenvalue weighted by Crippen LogP contribution is 2.15. The normalized spacial score (nSPS) is 11.1. The lowest BCUT2D eigenvalue weighted by atomic mass is 10.1. The Balaban J connectivity index is 1.79. The minimum Gasteiger partial charge on any atom is -0.482 e. The van der Waals surface area contributed by atoms with Crippen LogP contribution in [0.3, 0.4) is 0 Å². The number of nitrogens with one attached hydrogen (secondary N) is 2. The SMILES string of the molecule is CC(=O)Nc1ccc(NC(=O)[C@@H](C)OC(=O)COc2ccc(C(C)=O)cc2)cc1. The predicted octanol–water partition coefficient (Wildman–Crippen LogP) is 2.80. The van der Waals surface area contributed by atoms with Gasteiger partial charge in [0.15, 0.2) is 18.5 Å². The zero-order valence-electron chi connectivity index (χ0n) is 16.4. The summed E-state index contributed by atoms with van der Waals surface area (Å²) >= 11 is 0. The summed E-state index contributed by atoms with van der Waals surface area (Å²) in [4.78, 5) is 46.3. The number of carbonyl (C=O) groups is 4. The molecular weight excluding hydrogens is 376 g/mol. The van der Waals surface area contributed by atoms with Crippen LogP contribution in [-0.2, 0) is 19.1 Å². The summed E-state index contributed by atoms with van der Waals surface area (Å²) in [5.74, 6) is -1.07. The molecule has 152 valence electrons. The highest BCUT2D eigenvalue weighted by molar-refractivity contribution is 5.96. The summed E-state index contributed by atoms with van der Waals surface area (Å²) in [5, 5.41) is 5.24. The highest BCUT2D eigenvalue weighted by atomic mass is 16.6. The van der Waals surface area contributed by atoms with E-state index in [4.69, 9.17) is 9.47 Å². The first-order valence-electron chi connectivity index (χ1n) is 8.86. The Bertz CT molecular complexity index is 890. The van der Waals surface area contributed by atoms with Crippen LogP contribution in [0.2, 0.25) is 0 Å². The van der Waals surface area contributed by atoms with Gasteiger partial charge in [0.1, 0.15) is 5.75 Å². The van der Waals surface area contributed by atoms with E-state index in [0.29, 0.717) is 22.7 Å². The number of ketones is 1. The Kier molecular flexibility index (Phi) is 7.47. The Hall–Kier alpha value is -3.68. The van der Waals surface area contributed by atoms with Gasteiger partial charge in [-0.3, -0.25) is 14.4 Å². The van der Waals surface area contributed by atoms with Crippen LogP contribution in [0.4, 0.5) is 11.4 Å². The highest BCUT2D eigenvalue weighted by Gasteiger charge is 2.18. The molecule has 2 amide bonds. The minimum absolute atomic E-state index is 0.0689. The fourth-order valence-corrected chi connectivity index (χ4v) is 2.30. The number of anilines is 2. The Morgan fingerprint density at radius 3 is 1.93 bits per heavy atom. The van der Waals surface area contributed by atoms with Crippen molar-refractivity contribution in [1.82, 2.24) is 0 Å². The van der Waals surface area contributed by atoms with E-state index in [1.807, 2.05) is 0 Å². The van der Waals surface area contributed by atoms with Crippen molar-refractivity contribution in [2.24, 2.45) is 0 Å². The van der Waals surface area contributed by atoms with E-state index in [1.54, 1.807) is 48.5 Å². The number of hydrogen-bond donors (Lipinski definition) is 2. The van der Waals surface area contributed by atoms with Gasteiger partial charge in [0.25, 0.3) is 5.91 Å². The molecule has 0 spiro atoms. The molecule has 2 aromatic carbocycles. The number of esters is 1. The van der Waals surface area contributed by atoms with Crippen LogP contribution in [0.5, 0.6) is 5.75 Å². The lowest BCUT2D eigenvalue weighted by Gasteiger charge is -2.14. The van der Waals surface area contributed by atoms with Gasteiger partial charge in [-0.15, -0.1) is 0 Å². The quantitative estimate of drug-likeness (QED) is 0.523. The topological polar surface area (TPSA) is 111 Å². The van der Waals surface area contributed by atoms with Crippen LogP contribution in [0.1, 0.15) is 31.1 Å². The van der Waals surface area contributed by atoms with Crippen LogP contribution in [-0.4, -0.2) is 36.3 Å². The molecule has 0 aliphatic heterocycles. The van der Waals surface area contributed by atoms with Crippen molar-refractivity contribution < 1.29 is 28.7 Å². The number of Topliss-reactive ketones (excluding diaryl/α,β-unsaturated/α-hetero) is 1. The second kappa shape index (κ2) is 10.0. The molecule has 0 radical (unpaired) electrons. The summed E-state index contributed by atoms with van der Waals surface area (Å²) in [6, 6.07) is 12.8. The van der Waals surface area contributed by atoms with Crippen molar-refractivity contribution >= 4 is 34.9 Å². The molecule has 0 unspecified atom stereocenters. The Labute approximate surface area is 168 Å². The van der Waals surface area contributed by atoms with Gasteiger partial charge in [-0.1, -0.05) is 0 Å². The van der Waals surface area contributed by atoms with Crippen molar-refractivity contribution in [1.29, 1.82) is 0 Å². The molecule has 0 bridgehead atoms. The van der Waals surface area contributed by atoms with Crippen molar-refractivity contribution in [3.05, 3.63) is 54.1 Å². The van der Waals surface area contributed by atoms with Gasteiger partial charge in [-0.05, 0) is 62.4 Å². The zero-order valence-corrected chi connectivity index (χ0v) is 16.4. The fraction of sp³-hybridized carbons (Fsp3) is 0.238. The molecular formula is C21H22N2O6. The summed E-state index contributed by atoms with van der Waals surface area (Å²) in [7, 11) is 0. The van der Waals surface area contributed by atoms with Crippen molar-refractivity contribution in [3.8, 4) is 5.75 Å². The summed E-state index contributed by atoms with van der Waals surface area (Å²) in [5.41, 5.74) is 1.63. The van der Waals surface area contributed by atoms with E-state index in [1.165, 1.54) is 20.8 Å². The average Bonchev–Trinajstić information content (AvgIpc) is 2.67. The first-order chi connectivity index (χ1) is 13.7. The maximum absolute atomic E-state index is 12.2. The summed E-state index contributed by atoms with van der Waals surface area (Å²) in [6.07, 6.45) is -1.03. The van der Waals surface area contributed by atoms with Gasteiger partial charge in [0.05, 0.1) is 0 Å². The number of benzene rings is 2. The maximum atomic E-state index is 12.2. The van der Waals surface area contributed by atoms with Gasteiger partial charge < -0.3 is 20.1 Å². The molecule has 0 aromatic heterocycles. The number of amides is 2. The summed E-state index contributed by atoms with van der Waals surface area (Å²) in [6.45, 7) is 3.93. The summed E-state index contributed by atoms with van der Waals surface area (Å²) < 4.78 is 10.4. The van der Waals surface area contributed by atoms with Gasteiger partial charge in [-0.2, -0.15) is 0 Å². The molecule has 2 aromatic rings. The standard InChI is InChI=1S/C21H22N2O6/c1-13(24)16-4-10-19(11-5-16)28-12-20(26)29-14(2)21(27)23-18-8-6-17(7-9-18)22-15(3)25/h4-11,14H,12H2,1-3H3,(H,22,25)(H,23,27)/t14-/m1/s1. The van der Waals surface area contributed by atoms with E-state index in [2.05, 4.69) is 10.6 Å². The maximum Gasteiger partial charge on any atom is 0.344 e. The number of ether oxygens (including phenoxy) is 2. The molecule has 1 atom stereocenters. The average molecular weight is 398 g/mol. The molecule has 8 nitrogen and oxygen atoms in total. The van der Waals surface area contributed by atoms with E-state index in [0.717, 1.165) is 0 Å². The van der Waals surface area contributed by atoms with Gasteiger partial charge in [-0.25, -0.2) is 4.79 Å². The van der Waals surface area contributed by atoms with Crippen LogP contribution in [0.25, 0.3) is 0 Å². The van der Waals surface area contributed by atoms with Crippen LogP contribution >= 0.6 is 0 Å². The third-order valence-electron chi connectivity index (χ3n) is 3.77. The molecule has 8 heteroatoms. The zero-order chi connectivity index (χ0) is 21.4. The molecule has 0 fully saturated rings. The first kappa shape index (κ1) is 21.6. The number of rotatable bonds is 8. The monoisotopic (exact) mass is 398 g/mol. The molecule has 0 saturated carbocycles. The molecule has 0 aliphatic carbocycles. The first-order valence-corrected chi connectivity index (χ1v) is 8.86. The molecule has 2 N–H and O–H groups in total. The Morgan fingerprint density at radius 2 is 1.41 bits per heavy atom. The number of carbonyl (C=O) groups excluding carboxylic acids is 4. The van der Waals surface area contributed by atoms with E-state index < -0.39 is 18.0 Å². The number of hydrogen-bond acceptors (Lipinski definition) is 6. The molecule has 29 heavy (non-hydrogen) atoms. The van der Waals surface area contributed by atoms with Gasteiger partial charge in [0, 0.05) is 23.9 Å². The van der Waals surface area contributed by atoms with E-state index >= 15 is 0 Å². The van der Waals surface area contributed by atoms with E-state index in [9.17, 15) is 19.2 Å². The predicted molar refractivity (Wildman–Crippen MR) is 107 cm³/mol. The van der Waals surface area contributed by atoms with Crippen LogP contribution in [0.15, 0.2) is 48.5 Å². The van der Waals surface area contributed by atoms with Crippen molar-refractivity contribution in [2.45, 2.75) is 26.9 Å². The smallest absolute Gasteiger partial charge is 0.344 e. The second-order valence-corrected chi connectivity index (χ2v) is 6.25. The third kappa shape index (κ3) is 7.10. The second-order valence-electron chi connectivity index (χ2n) is 6.25. The lowest BCUT2D eigenvalue weighted by Crippen LogP contribution is -2.31. The van der Waals surface area contributed by atoms with Crippen molar-refractivity contribution in [3.63, 3.8) is 0 Å². The van der Waals surface area contributed by atoms with Gasteiger partial charge in [0.2, 0.25) is 5.91 Å². The van der Waals surface area contributed by atoms with E-state index in [-0.39, 0.29) is 18.3 Å². The largest absolute Gasteiger partial charge is 0.482 e. The lowest BCUT2D eigenvalue weighted by molar-refractivity contribution is -0.155. The van der Waals surface area contributed by atoms with Crippen LogP contribution in [0, 0.1) is 0 Å². The molecule has 0 saturated heterocycles.